The second kappa shape index (κ2) is 4.90. The molecule has 20 heavy (non-hydrogen) atoms. The maximum absolute atomic E-state index is 13.5. The molecule has 0 aliphatic rings. The number of imidazole rings is 1. The van der Waals surface area contributed by atoms with Crippen molar-refractivity contribution >= 4 is 22.6 Å². The molecule has 4 nitrogen and oxygen atoms in total. The summed E-state index contributed by atoms with van der Waals surface area (Å²) < 4.78 is 20.8. The van der Waals surface area contributed by atoms with Gasteiger partial charge in [0.1, 0.15) is 23.9 Å². The van der Waals surface area contributed by atoms with Gasteiger partial charge in [-0.3, -0.25) is 0 Å². The van der Waals surface area contributed by atoms with Crippen LogP contribution in [-0.4, -0.2) is 14.5 Å². The Morgan fingerprint density at radius 2 is 2.25 bits per heavy atom. The van der Waals surface area contributed by atoms with Gasteiger partial charge in [-0.05, 0) is 32.0 Å². The fourth-order valence-corrected chi connectivity index (χ4v) is 2.36. The summed E-state index contributed by atoms with van der Waals surface area (Å²) in [5, 5.41) is -0.290. The SMILES string of the molecule is Cc1cnc(Cn2c(C(C)Cl)nc3ccc(F)cc32)o1. The maximum atomic E-state index is 13.5. The average Bonchev–Trinajstić information content (AvgIpc) is 2.95. The number of fused-ring (bicyclic) bond motifs is 1. The summed E-state index contributed by atoms with van der Waals surface area (Å²) in [5.74, 6) is 1.64. The first-order valence-electron chi connectivity index (χ1n) is 6.25. The smallest absolute Gasteiger partial charge is 0.214 e. The van der Waals surface area contributed by atoms with Crippen molar-refractivity contribution in [3.8, 4) is 0 Å². The summed E-state index contributed by atoms with van der Waals surface area (Å²) in [7, 11) is 0. The molecule has 2 heterocycles. The van der Waals surface area contributed by atoms with E-state index < -0.39 is 0 Å². The van der Waals surface area contributed by atoms with Crippen LogP contribution in [0.1, 0.15) is 29.8 Å². The number of hydrogen-bond acceptors (Lipinski definition) is 3. The van der Waals surface area contributed by atoms with Gasteiger partial charge in [-0.15, -0.1) is 11.6 Å². The first-order chi connectivity index (χ1) is 9.54. The van der Waals surface area contributed by atoms with E-state index in [0.29, 0.717) is 29.3 Å². The lowest BCUT2D eigenvalue weighted by Gasteiger charge is -2.08. The van der Waals surface area contributed by atoms with E-state index in [4.69, 9.17) is 16.0 Å². The predicted molar refractivity (Wildman–Crippen MR) is 74.3 cm³/mol. The Labute approximate surface area is 120 Å². The Morgan fingerprint density at radius 3 is 2.90 bits per heavy atom. The van der Waals surface area contributed by atoms with Crippen LogP contribution < -0.4 is 0 Å². The maximum Gasteiger partial charge on any atom is 0.214 e. The van der Waals surface area contributed by atoms with Gasteiger partial charge in [0, 0.05) is 0 Å². The third-order valence-corrected chi connectivity index (χ3v) is 3.25. The van der Waals surface area contributed by atoms with Crippen LogP contribution in [0, 0.1) is 12.7 Å². The van der Waals surface area contributed by atoms with Crippen LogP contribution in [0.4, 0.5) is 4.39 Å². The van der Waals surface area contributed by atoms with Gasteiger partial charge < -0.3 is 8.98 Å². The van der Waals surface area contributed by atoms with Crippen molar-refractivity contribution in [2.24, 2.45) is 0 Å². The van der Waals surface area contributed by atoms with Gasteiger partial charge in [0.25, 0.3) is 0 Å². The standard InChI is InChI=1S/C14H13ClFN3O/c1-8-6-17-13(20-8)7-19-12-5-10(16)3-4-11(12)18-14(19)9(2)15/h3-6,9H,7H2,1-2H3. The quantitative estimate of drug-likeness (QED) is 0.690. The highest BCUT2D eigenvalue weighted by Crippen LogP contribution is 2.26. The van der Waals surface area contributed by atoms with Crippen LogP contribution >= 0.6 is 11.6 Å². The summed E-state index contributed by atoms with van der Waals surface area (Å²) in [6.45, 7) is 4.03. The predicted octanol–water partition coefficient (Wildman–Crippen LogP) is 3.82. The molecular weight excluding hydrogens is 281 g/mol. The van der Waals surface area contributed by atoms with Gasteiger partial charge in [0.15, 0.2) is 0 Å². The molecule has 3 rings (SSSR count). The minimum atomic E-state index is -0.309. The average molecular weight is 294 g/mol. The van der Waals surface area contributed by atoms with Crippen LogP contribution in [0.5, 0.6) is 0 Å². The number of rotatable bonds is 3. The van der Waals surface area contributed by atoms with Gasteiger partial charge in [0.2, 0.25) is 5.89 Å². The van der Waals surface area contributed by atoms with Crippen molar-refractivity contribution < 1.29 is 8.81 Å². The molecule has 0 N–H and O–H groups in total. The van der Waals surface area contributed by atoms with Gasteiger partial charge in [-0.1, -0.05) is 0 Å². The molecule has 0 saturated heterocycles. The van der Waals surface area contributed by atoms with Crippen LogP contribution in [0.15, 0.2) is 28.8 Å². The van der Waals surface area contributed by atoms with E-state index in [0.717, 1.165) is 5.76 Å². The summed E-state index contributed by atoms with van der Waals surface area (Å²) in [5.41, 5.74) is 1.39. The number of alkyl halides is 1. The van der Waals surface area contributed by atoms with Gasteiger partial charge in [0.05, 0.1) is 22.6 Å². The third kappa shape index (κ3) is 2.29. The fourth-order valence-electron chi connectivity index (χ4n) is 2.19. The number of hydrogen-bond donors (Lipinski definition) is 0. The lowest BCUT2D eigenvalue weighted by atomic mass is 10.3. The Bertz CT molecular complexity index is 763. The van der Waals surface area contributed by atoms with E-state index in [1.165, 1.54) is 12.1 Å². The van der Waals surface area contributed by atoms with Gasteiger partial charge in [-0.2, -0.15) is 0 Å². The lowest BCUT2D eigenvalue weighted by molar-refractivity contribution is 0.456. The molecule has 2 aromatic heterocycles. The number of nitrogens with zero attached hydrogens (tertiary/aromatic N) is 3. The highest BCUT2D eigenvalue weighted by molar-refractivity contribution is 6.20. The minimum Gasteiger partial charge on any atom is -0.444 e. The molecule has 0 radical (unpaired) electrons. The molecule has 0 bridgehead atoms. The van der Waals surface area contributed by atoms with Crippen molar-refractivity contribution in [3.63, 3.8) is 0 Å². The normalized spacial score (nSPS) is 13.0. The Kier molecular flexibility index (Phi) is 3.22. The van der Waals surface area contributed by atoms with E-state index in [9.17, 15) is 4.39 Å². The van der Waals surface area contributed by atoms with Crippen LogP contribution in [0.2, 0.25) is 0 Å². The highest BCUT2D eigenvalue weighted by Gasteiger charge is 2.17. The summed E-state index contributed by atoms with van der Waals surface area (Å²) in [6.07, 6.45) is 1.65. The largest absolute Gasteiger partial charge is 0.444 e. The second-order valence-corrected chi connectivity index (χ2v) is 5.32. The van der Waals surface area contributed by atoms with Crippen molar-refractivity contribution in [2.75, 3.05) is 0 Å². The Balaban J connectivity index is 2.15. The summed E-state index contributed by atoms with van der Waals surface area (Å²) in [6, 6.07) is 4.48. The second-order valence-electron chi connectivity index (χ2n) is 4.67. The fraction of sp³-hybridized carbons (Fsp3) is 0.286. The first-order valence-corrected chi connectivity index (χ1v) is 6.69. The van der Waals surface area contributed by atoms with Gasteiger partial charge in [-0.25, -0.2) is 14.4 Å². The number of halogens is 2. The molecule has 0 saturated carbocycles. The van der Waals surface area contributed by atoms with Crippen LogP contribution in [-0.2, 0) is 6.54 Å². The molecule has 0 spiro atoms. The van der Waals surface area contributed by atoms with Crippen LogP contribution in [0.3, 0.4) is 0 Å². The molecule has 1 atom stereocenters. The monoisotopic (exact) mass is 293 g/mol. The zero-order valence-electron chi connectivity index (χ0n) is 11.1. The van der Waals surface area contributed by atoms with Crippen LogP contribution in [0.25, 0.3) is 11.0 Å². The number of oxazole rings is 1. The van der Waals surface area contributed by atoms with E-state index in [2.05, 4.69) is 9.97 Å². The molecule has 3 aromatic rings. The van der Waals surface area contributed by atoms with E-state index >= 15 is 0 Å². The topological polar surface area (TPSA) is 43.9 Å². The lowest BCUT2D eigenvalue weighted by Crippen LogP contribution is -2.06. The summed E-state index contributed by atoms with van der Waals surface area (Å²) >= 11 is 6.16. The molecular formula is C14H13ClFN3O. The van der Waals surface area contributed by atoms with E-state index in [-0.39, 0.29) is 11.2 Å². The van der Waals surface area contributed by atoms with E-state index in [1.54, 1.807) is 12.3 Å². The molecule has 6 heteroatoms. The first kappa shape index (κ1) is 13.1. The number of aromatic nitrogens is 3. The molecule has 1 unspecified atom stereocenters. The molecule has 104 valence electrons. The molecule has 0 aliphatic heterocycles. The van der Waals surface area contributed by atoms with Crippen molar-refractivity contribution in [2.45, 2.75) is 25.8 Å². The van der Waals surface area contributed by atoms with Crippen molar-refractivity contribution in [1.82, 2.24) is 14.5 Å². The molecule has 0 fully saturated rings. The zero-order chi connectivity index (χ0) is 14.3. The minimum absolute atomic E-state index is 0.290. The molecule has 0 aliphatic carbocycles. The highest BCUT2D eigenvalue weighted by atomic mass is 35.5. The Morgan fingerprint density at radius 1 is 1.45 bits per heavy atom. The molecule has 0 amide bonds. The zero-order valence-corrected chi connectivity index (χ0v) is 11.9. The number of benzene rings is 1. The van der Waals surface area contributed by atoms with E-state index in [1.807, 2.05) is 18.4 Å². The third-order valence-electron chi connectivity index (χ3n) is 3.06. The Hall–Kier alpha value is -1.88. The van der Waals surface area contributed by atoms with Crippen molar-refractivity contribution in [1.29, 1.82) is 0 Å². The van der Waals surface area contributed by atoms with Gasteiger partial charge >= 0.3 is 0 Å². The summed E-state index contributed by atoms with van der Waals surface area (Å²) in [4.78, 5) is 8.62. The number of aryl methyl sites for hydroxylation is 1. The molecule has 1 aromatic carbocycles. The van der Waals surface area contributed by atoms with Crippen molar-refractivity contribution in [3.05, 3.63) is 47.7 Å².